The molecule has 0 spiro atoms. The number of nitrogens with one attached hydrogen (secondary N) is 2. The molecular formula is C16H24N2O3. The number of rotatable bonds is 5. The fourth-order valence-electron chi connectivity index (χ4n) is 1.66. The van der Waals surface area contributed by atoms with E-state index in [0.29, 0.717) is 0 Å². The minimum Gasteiger partial charge on any atom is -0.480 e. The van der Waals surface area contributed by atoms with Crippen LogP contribution in [0.25, 0.3) is 0 Å². The molecule has 0 fully saturated rings. The highest BCUT2D eigenvalue weighted by Crippen LogP contribution is 2.18. The van der Waals surface area contributed by atoms with E-state index >= 15 is 0 Å². The molecule has 5 heteroatoms. The standard InChI is InChI=1S/C16H24N2O3/c1-11(16(2,3)4)17-15(21)18-13(14(19)20)10-12-8-6-5-7-9-12/h5-9,11,13H,10H2,1-4H3,(H,19,20)(H2,17,18,21). The number of hydrogen-bond donors (Lipinski definition) is 3. The van der Waals surface area contributed by atoms with Gasteiger partial charge in [-0.1, -0.05) is 51.1 Å². The van der Waals surface area contributed by atoms with Gasteiger partial charge in [-0.05, 0) is 17.9 Å². The Morgan fingerprint density at radius 1 is 1.14 bits per heavy atom. The summed E-state index contributed by atoms with van der Waals surface area (Å²) in [4.78, 5) is 23.2. The second kappa shape index (κ2) is 7.11. The quantitative estimate of drug-likeness (QED) is 0.780. The summed E-state index contributed by atoms with van der Waals surface area (Å²) in [5, 5.41) is 14.5. The topological polar surface area (TPSA) is 78.4 Å². The molecule has 0 heterocycles. The van der Waals surface area contributed by atoms with Crippen LogP contribution in [0.3, 0.4) is 0 Å². The Bertz CT molecular complexity index is 480. The van der Waals surface area contributed by atoms with Crippen molar-refractivity contribution in [3.63, 3.8) is 0 Å². The molecule has 0 bridgehead atoms. The molecule has 3 N–H and O–H groups in total. The van der Waals surface area contributed by atoms with Crippen LogP contribution in [0.5, 0.6) is 0 Å². The van der Waals surface area contributed by atoms with Crippen LogP contribution in [-0.4, -0.2) is 29.2 Å². The molecule has 0 saturated heterocycles. The summed E-state index contributed by atoms with van der Waals surface area (Å²) in [7, 11) is 0. The van der Waals surface area contributed by atoms with Gasteiger partial charge in [0.25, 0.3) is 0 Å². The molecule has 0 aromatic heterocycles. The van der Waals surface area contributed by atoms with E-state index in [1.807, 2.05) is 58.0 Å². The zero-order valence-corrected chi connectivity index (χ0v) is 13.0. The summed E-state index contributed by atoms with van der Waals surface area (Å²) in [5.74, 6) is -1.04. The number of benzene rings is 1. The van der Waals surface area contributed by atoms with Gasteiger partial charge >= 0.3 is 12.0 Å². The first-order valence-corrected chi connectivity index (χ1v) is 7.04. The third-order valence-corrected chi connectivity index (χ3v) is 3.53. The predicted octanol–water partition coefficient (Wildman–Crippen LogP) is 2.42. The summed E-state index contributed by atoms with van der Waals surface area (Å²) in [6.45, 7) is 7.93. The second-order valence-electron chi connectivity index (χ2n) is 6.29. The number of carbonyl (C=O) groups excluding carboxylic acids is 1. The van der Waals surface area contributed by atoms with Crippen LogP contribution in [0.4, 0.5) is 4.79 Å². The van der Waals surface area contributed by atoms with Crippen molar-refractivity contribution in [1.29, 1.82) is 0 Å². The van der Waals surface area contributed by atoms with Crippen LogP contribution in [0.15, 0.2) is 30.3 Å². The monoisotopic (exact) mass is 292 g/mol. The van der Waals surface area contributed by atoms with Gasteiger partial charge in [0.15, 0.2) is 0 Å². The maximum atomic E-state index is 11.9. The van der Waals surface area contributed by atoms with Crippen LogP contribution >= 0.6 is 0 Å². The first-order valence-electron chi connectivity index (χ1n) is 7.04. The van der Waals surface area contributed by atoms with Crippen LogP contribution in [0, 0.1) is 5.41 Å². The molecule has 1 rings (SSSR count). The van der Waals surface area contributed by atoms with Crippen LogP contribution in [0.1, 0.15) is 33.3 Å². The molecule has 0 saturated carbocycles. The van der Waals surface area contributed by atoms with Crippen molar-refractivity contribution in [2.45, 2.75) is 46.2 Å². The number of carboxylic acid groups (broad SMARTS) is 1. The maximum Gasteiger partial charge on any atom is 0.326 e. The number of urea groups is 1. The fourth-order valence-corrected chi connectivity index (χ4v) is 1.66. The average molecular weight is 292 g/mol. The highest BCUT2D eigenvalue weighted by Gasteiger charge is 2.25. The van der Waals surface area contributed by atoms with Gasteiger partial charge < -0.3 is 15.7 Å². The highest BCUT2D eigenvalue weighted by atomic mass is 16.4. The maximum absolute atomic E-state index is 11.9. The molecule has 2 unspecified atom stereocenters. The summed E-state index contributed by atoms with van der Waals surface area (Å²) in [6, 6.07) is 7.76. The highest BCUT2D eigenvalue weighted by molar-refractivity contribution is 5.82. The van der Waals surface area contributed by atoms with Crippen molar-refractivity contribution in [3.8, 4) is 0 Å². The van der Waals surface area contributed by atoms with Crippen molar-refractivity contribution in [3.05, 3.63) is 35.9 Å². The molecule has 0 aliphatic carbocycles. The van der Waals surface area contributed by atoms with Crippen LogP contribution < -0.4 is 10.6 Å². The summed E-state index contributed by atoms with van der Waals surface area (Å²) in [6.07, 6.45) is 0.257. The van der Waals surface area contributed by atoms with Crippen LogP contribution in [-0.2, 0) is 11.2 Å². The Balaban J connectivity index is 2.63. The zero-order chi connectivity index (χ0) is 16.0. The molecule has 0 radical (unpaired) electrons. The largest absolute Gasteiger partial charge is 0.480 e. The van der Waals surface area contributed by atoms with Gasteiger partial charge in [0, 0.05) is 12.5 Å². The summed E-state index contributed by atoms with van der Waals surface area (Å²) >= 11 is 0. The van der Waals surface area contributed by atoms with Gasteiger partial charge in [0.2, 0.25) is 0 Å². The first-order chi connectivity index (χ1) is 9.70. The Morgan fingerprint density at radius 3 is 2.19 bits per heavy atom. The van der Waals surface area contributed by atoms with Crippen molar-refractivity contribution in [1.82, 2.24) is 10.6 Å². The van der Waals surface area contributed by atoms with E-state index in [1.54, 1.807) is 0 Å². The van der Waals surface area contributed by atoms with Crippen LogP contribution in [0.2, 0.25) is 0 Å². The van der Waals surface area contributed by atoms with Crippen molar-refractivity contribution < 1.29 is 14.7 Å². The molecule has 116 valence electrons. The Kier molecular flexibility index (Phi) is 5.76. The number of amides is 2. The lowest BCUT2D eigenvalue weighted by Gasteiger charge is -2.28. The van der Waals surface area contributed by atoms with Gasteiger partial charge in [0.05, 0.1) is 0 Å². The Labute approximate surface area is 125 Å². The zero-order valence-electron chi connectivity index (χ0n) is 13.0. The van der Waals surface area contributed by atoms with Gasteiger partial charge in [-0.2, -0.15) is 0 Å². The lowest BCUT2D eigenvalue weighted by molar-refractivity contribution is -0.139. The average Bonchev–Trinajstić information content (AvgIpc) is 2.37. The molecule has 2 amide bonds. The van der Waals surface area contributed by atoms with E-state index in [4.69, 9.17) is 0 Å². The van der Waals surface area contributed by atoms with Gasteiger partial charge in [-0.3, -0.25) is 0 Å². The molecule has 1 aromatic rings. The molecule has 21 heavy (non-hydrogen) atoms. The molecule has 1 aromatic carbocycles. The van der Waals surface area contributed by atoms with E-state index in [0.717, 1.165) is 5.56 Å². The Morgan fingerprint density at radius 2 is 1.71 bits per heavy atom. The van der Waals surface area contributed by atoms with E-state index < -0.39 is 18.0 Å². The van der Waals surface area contributed by atoms with Gasteiger partial charge in [-0.15, -0.1) is 0 Å². The lowest BCUT2D eigenvalue weighted by Crippen LogP contribution is -2.51. The van der Waals surface area contributed by atoms with Crippen molar-refractivity contribution >= 4 is 12.0 Å². The second-order valence-corrected chi connectivity index (χ2v) is 6.29. The lowest BCUT2D eigenvalue weighted by atomic mass is 9.88. The normalized spacial score (nSPS) is 14.1. The molecule has 5 nitrogen and oxygen atoms in total. The summed E-state index contributed by atoms with van der Waals surface area (Å²) < 4.78 is 0. The van der Waals surface area contributed by atoms with E-state index in [-0.39, 0.29) is 17.9 Å². The van der Waals surface area contributed by atoms with Crippen molar-refractivity contribution in [2.24, 2.45) is 5.41 Å². The third-order valence-electron chi connectivity index (χ3n) is 3.53. The van der Waals surface area contributed by atoms with E-state index in [2.05, 4.69) is 10.6 Å². The van der Waals surface area contributed by atoms with Crippen molar-refractivity contribution in [2.75, 3.05) is 0 Å². The number of carbonyl (C=O) groups is 2. The minimum absolute atomic E-state index is 0.0660. The van der Waals surface area contributed by atoms with Gasteiger partial charge in [-0.25, -0.2) is 9.59 Å². The number of carboxylic acids is 1. The SMILES string of the molecule is CC(NC(=O)NC(Cc1ccccc1)C(=O)O)C(C)(C)C. The Hall–Kier alpha value is -2.04. The predicted molar refractivity (Wildman–Crippen MR) is 82.2 cm³/mol. The van der Waals surface area contributed by atoms with E-state index in [9.17, 15) is 14.7 Å². The number of aliphatic carboxylic acids is 1. The first kappa shape index (κ1) is 17.0. The summed E-state index contributed by atoms with van der Waals surface area (Å²) in [5.41, 5.74) is 0.782. The third kappa shape index (κ3) is 5.85. The molecule has 0 aliphatic heterocycles. The minimum atomic E-state index is -1.04. The molecule has 2 atom stereocenters. The fraction of sp³-hybridized carbons (Fsp3) is 0.500. The molecular weight excluding hydrogens is 268 g/mol. The van der Waals surface area contributed by atoms with E-state index in [1.165, 1.54) is 0 Å². The van der Waals surface area contributed by atoms with Gasteiger partial charge in [0.1, 0.15) is 6.04 Å². The molecule has 0 aliphatic rings. The smallest absolute Gasteiger partial charge is 0.326 e. The number of hydrogen-bond acceptors (Lipinski definition) is 2.